The predicted octanol–water partition coefficient (Wildman–Crippen LogP) is 8.83. The van der Waals surface area contributed by atoms with E-state index in [1.807, 2.05) is 49.2 Å². The number of likely N-dealkylation sites (tertiary alicyclic amines) is 1. The molecular weight excluding hydrogens is 972 g/mol. The third-order valence-corrected chi connectivity index (χ3v) is 19.1. The van der Waals surface area contributed by atoms with Crippen LogP contribution in [0.1, 0.15) is 98.1 Å². The van der Waals surface area contributed by atoms with E-state index in [-0.39, 0.29) is 35.7 Å². The fraction of sp³-hybridized carbons (Fsp3) is 0.481. The standard InChI is InChI=1S/C52H61FN10O8SSi/c1-27(2)43(59-51(66)68-3)48(64)61-15-7-8-37(61)45-54-23-35(58-45)31-19-33(53)42-38-20-32-18-30(11-12-36(32)63(38)50(71-40(42)21-31)41-24-56-47(72-41)29-9-10-29)34-22-55-46(57-34)39-25-73(5,6)26-62(39)49(65)44(60-52(67)69-4)28-13-16-70-17-14-28/h11-12,18-24,27-29,37,39,43-44,50H,7-10,13-17,25-26H2,1-6H3,(H,54,58)(H,55,57)(H,59,66)(H,60,67)/t37-,39-,43-,44?,50-/m0/s1. The number of imidazole rings is 2. The zero-order valence-electron chi connectivity index (χ0n) is 41.8. The Hall–Kier alpha value is -6.58. The van der Waals surface area contributed by atoms with Crippen molar-refractivity contribution in [3.8, 4) is 39.5 Å². The molecule has 4 aliphatic heterocycles. The molecule has 8 heterocycles. The van der Waals surface area contributed by atoms with Gasteiger partial charge in [-0.3, -0.25) is 14.2 Å². The summed E-state index contributed by atoms with van der Waals surface area (Å²) in [5, 5.41) is 7.49. The maximum absolute atomic E-state index is 17.0. The van der Waals surface area contributed by atoms with Crippen LogP contribution in [0.4, 0.5) is 14.0 Å². The van der Waals surface area contributed by atoms with Gasteiger partial charge in [-0.2, -0.15) is 0 Å². The molecule has 4 aromatic heterocycles. The van der Waals surface area contributed by atoms with E-state index in [1.54, 1.807) is 28.6 Å². The highest BCUT2D eigenvalue weighted by atomic mass is 32.1. The van der Waals surface area contributed by atoms with Gasteiger partial charge in [0, 0.05) is 54.6 Å². The van der Waals surface area contributed by atoms with Crippen LogP contribution in [0.15, 0.2) is 55.0 Å². The third kappa shape index (κ3) is 9.28. The van der Waals surface area contributed by atoms with Crippen molar-refractivity contribution < 1.29 is 42.5 Å². The largest absolute Gasteiger partial charge is 0.464 e. The first-order valence-electron chi connectivity index (χ1n) is 25.3. The minimum Gasteiger partial charge on any atom is -0.464 e. The summed E-state index contributed by atoms with van der Waals surface area (Å²) < 4.78 is 41.3. The average Bonchev–Trinajstić information content (AvgIpc) is 4.07. The molecule has 384 valence electrons. The molecule has 6 aromatic rings. The molecule has 2 aromatic carbocycles. The quantitative estimate of drug-likeness (QED) is 0.0851. The number of amides is 4. The Bertz CT molecular complexity index is 3100. The lowest BCUT2D eigenvalue weighted by molar-refractivity contribution is -0.136. The van der Waals surface area contributed by atoms with Gasteiger partial charge in [0.15, 0.2) is 0 Å². The molecule has 4 amide bonds. The molecule has 18 nitrogen and oxygen atoms in total. The molecule has 3 saturated heterocycles. The van der Waals surface area contributed by atoms with E-state index in [4.69, 9.17) is 33.9 Å². The number of H-pyrrole nitrogens is 2. The highest BCUT2D eigenvalue weighted by Crippen LogP contribution is 2.50. The Labute approximate surface area is 426 Å². The number of benzene rings is 2. The molecule has 4 N–H and O–H groups in total. The van der Waals surface area contributed by atoms with E-state index in [2.05, 4.69) is 44.3 Å². The van der Waals surface area contributed by atoms with Crippen molar-refractivity contribution >= 4 is 54.3 Å². The number of fused-ring (bicyclic) bond motifs is 5. The van der Waals surface area contributed by atoms with Gasteiger partial charge in [-0.25, -0.2) is 28.9 Å². The molecule has 1 aliphatic carbocycles. The predicted molar refractivity (Wildman–Crippen MR) is 273 cm³/mol. The second-order valence-corrected chi connectivity index (χ2v) is 27.3. The lowest BCUT2D eigenvalue weighted by Gasteiger charge is -2.34. The van der Waals surface area contributed by atoms with Crippen LogP contribution in [0.3, 0.4) is 0 Å². The Morgan fingerprint density at radius 1 is 0.836 bits per heavy atom. The maximum Gasteiger partial charge on any atom is 0.407 e. The number of carbonyl (C=O) groups excluding carboxylic acids is 4. The highest BCUT2D eigenvalue weighted by Gasteiger charge is 2.47. The maximum atomic E-state index is 17.0. The Morgan fingerprint density at radius 3 is 2.26 bits per heavy atom. The van der Waals surface area contributed by atoms with Gasteiger partial charge >= 0.3 is 12.2 Å². The van der Waals surface area contributed by atoms with Gasteiger partial charge in [-0.1, -0.05) is 33.0 Å². The zero-order valence-corrected chi connectivity index (χ0v) is 43.6. The van der Waals surface area contributed by atoms with Crippen LogP contribution in [0.25, 0.3) is 44.7 Å². The number of nitrogens with one attached hydrogen (secondary N) is 4. The van der Waals surface area contributed by atoms with Crippen LogP contribution in [0.2, 0.25) is 19.1 Å². The Balaban J connectivity index is 0.907. The molecule has 0 spiro atoms. The van der Waals surface area contributed by atoms with Gasteiger partial charge in [0.1, 0.15) is 35.3 Å². The van der Waals surface area contributed by atoms with Crippen molar-refractivity contribution in [1.82, 2.24) is 49.9 Å². The number of halogens is 1. The second-order valence-electron chi connectivity index (χ2n) is 21.2. The fourth-order valence-electron chi connectivity index (χ4n) is 11.3. The van der Waals surface area contributed by atoms with Gasteiger partial charge in [0.25, 0.3) is 0 Å². The van der Waals surface area contributed by atoms with Crippen LogP contribution in [0.5, 0.6) is 5.75 Å². The van der Waals surface area contributed by atoms with E-state index in [9.17, 15) is 19.2 Å². The number of hydrogen-bond donors (Lipinski definition) is 4. The summed E-state index contributed by atoms with van der Waals surface area (Å²) in [5.41, 5.74) is 4.59. The SMILES string of the molecule is COC(=O)NC(C(=O)N1C[Si](C)(C)C[C@H]1c1ncc(-c2ccc3c(c2)cc2n3[C@H](c3cnc(C4CC4)s3)Oc3cc(-c4cnc([C@@H]5CCCN5C(=O)[C@@H](NC(=O)OC)C(C)C)[nH]4)cc(F)c3-2)[nH]1)C1CCOCC1. The molecule has 4 fully saturated rings. The first-order chi connectivity index (χ1) is 35.2. The molecule has 5 atom stereocenters. The lowest BCUT2D eigenvalue weighted by atomic mass is 9.90. The number of rotatable bonds is 12. The van der Waals surface area contributed by atoms with Crippen molar-refractivity contribution in [3.63, 3.8) is 0 Å². The third-order valence-electron chi connectivity index (χ3n) is 15.2. The van der Waals surface area contributed by atoms with E-state index in [1.165, 1.54) is 20.3 Å². The van der Waals surface area contributed by atoms with Crippen molar-refractivity contribution in [2.45, 2.75) is 108 Å². The summed E-state index contributed by atoms with van der Waals surface area (Å²) in [4.78, 5) is 79.1. The summed E-state index contributed by atoms with van der Waals surface area (Å²) >= 11 is 1.62. The van der Waals surface area contributed by atoms with Crippen molar-refractivity contribution in [2.75, 3.05) is 40.1 Å². The van der Waals surface area contributed by atoms with Crippen LogP contribution in [-0.4, -0.2) is 124 Å². The average molecular weight is 1030 g/mol. The van der Waals surface area contributed by atoms with Gasteiger partial charge in [0.05, 0.1) is 84.8 Å². The summed E-state index contributed by atoms with van der Waals surface area (Å²) in [6.07, 6.45) is 8.98. The number of aromatic amines is 2. The number of aromatic nitrogens is 6. The monoisotopic (exact) mass is 1030 g/mol. The summed E-state index contributed by atoms with van der Waals surface area (Å²) in [6.45, 7) is 9.85. The summed E-state index contributed by atoms with van der Waals surface area (Å²) in [5.74, 6) is 0.993. The van der Waals surface area contributed by atoms with Gasteiger partial charge in [-0.15, -0.1) is 11.3 Å². The minimum atomic E-state index is -1.89. The number of carbonyl (C=O) groups is 4. The van der Waals surface area contributed by atoms with Crippen LogP contribution < -0.4 is 15.4 Å². The topological polar surface area (TPSA) is 211 Å². The smallest absolute Gasteiger partial charge is 0.407 e. The number of ether oxygens (including phenoxy) is 4. The van der Waals surface area contributed by atoms with Crippen molar-refractivity contribution in [2.24, 2.45) is 11.8 Å². The fourth-order valence-corrected chi connectivity index (χ4v) is 15.3. The van der Waals surface area contributed by atoms with Gasteiger partial charge < -0.3 is 49.3 Å². The highest BCUT2D eigenvalue weighted by molar-refractivity contribution is 7.11. The van der Waals surface area contributed by atoms with Crippen LogP contribution >= 0.6 is 11.3 Å². The molecule has 0 radical (unpaired) electrons. The van der Waals surface area contributed by atoms with E-state index in [0.717, 1.165) is 57.4 Å². The second kappa shape index (κ2) is 19.4. The molecule has 21 heteroatoms. The lowest BCUT2D eigenvalue weighted by Crippen LogP contribution is -2.53. The summed E-state index contributed by atoms with van der Waals surface area (Å²) in [6, 6.07) is 10.1. The van der Waals surface area contributed by atoms with Crippen LogP contribution in [-0.2, 0) is 23.8 Å². The first kappa shape index (κ1) is 48.7. The zero-order chi connectivity index (χ0) is 50.9. The normalized spacial score (nSPS) is 21.4. The molecule has 73 heavy (non-hydrogen) atoms. The van der Waals surface area contributed by atoms with Gasteiger partial charge in [0.2, 0.25) is 18.0 Å². The number of methoxy groups -OCH3 is 2. The van der Waals surface area contributed by atoms with Crippen molar-refractivity contribution in [1.29, 1.82) is 0 Å². The van der Waals surface area contributed by atoms with E-state index >= 15 is 4.39 Å². The first-order valence-corrected chi connectivity index (χ1v) is 29.5. The molecule has 5 aliphatic rings. The number of hydrogen-bond acceptors (Lipinski definition) is 12. The molecule has 1 saturated carbocycles. The number of alkyl carbamates (subject to hydrolysis) is 2. The molecule has 11 rings (SSSR count). The van der Waals surface area contributed by atoms with Gasteiger partial charge in [-0.05, 0) is 86.7 Å². The van der Waals surface area contributed by atoms with E-state index < -0.39 is 44.4 Å². The van der Waals surface area contributed by atoms with Crippen molar-refractivity contribution in [3.05, 3.63) is 82.3 Å². The molecule has 0 bridgehead atoms. The molecule has 1 unspecified atom stereocenters. The summed E-state index contributed by atoms with van der Waals surface area (Å²) in [7, 11) is 0.687. The number of nitrogens with zero attached hydrogens (tertiary/aromatic N) is 6. The minimum absolute atomic E-state index is 0.0801. The number of thiazole rings is 1. The Kier molecular flexibility index (Phi) is 12.9. The van der Waals surface area contributed by atoms with E-state index in [0.29, 0.717) is 91.0 Å². The van der Waals surface area contributed by atoms with Crippen LogP contribution in [0, 0.1) is 17.7 Å². The molecular formula is C52H61FN10O8SSi. The Morgan fingerprint density at radius 2 is 1.55 bits per heavy atom.